The molecule has 0 amide bonds. The van der Waals surface area contributed by atoms with Gasteiger partial charge < -0.3 is 5.73 Å². The molecule has 0 unspecified atom stereocenters. The van der Waals surface area contributed by atoms with Crippen molar-refractivity contribution in [3.63, 3.8) is 0 Å². The van der Waals surface area contributed by atoms with Crippen molar-refractivity contribution in [3.05, 3.63) is 35.0 Å². The minimum atomic E-state index is 0.958. The lowest BCUT2D eigenvalue weighted by atomic mass is 9.93. The van der Waals surface area contributed by atoms with Gasteiger partial charge in [-0.25, -0.2) is 0 Å². The van der Waals surface area contributed by atoms with Gasteiger partial charge in [0.05, 0.1) is 5.52 Å². The highest BCUT2D eigenvalue weighted by Crippen LogP contribution is 2.31. The molecule has 94 valence electrons. The second-order valence-electron chi connectivity index (χ2n) is 4.68. The average molecular weight is 276 g/mol. The number of fused-ring (bicyclic) bond motifs is 2. The van der Waals surface area contributed by atoms with Crippen LogP contribution < -0.4 is 5.73 Å². The van der Waals surface area contributed by atoms with Crippen LogP contribution in [0, 0.1) is 6.92 Å². The summed E-state index contributed by atoms with van der Waals surface area (Å²) in [5, 5.41) is 1.12. The molecular formula is C14H16N2S2. The van der Waals surface area contributed by atoms with Crippen LogP contribution in [0.25, 0.3) is 10.9 Å². The summed E-state index contributed by atoms with van der Waals surface area (Å²) in [6, 6.07) is 6.33. The fraction of sp³-hybridized carbons (Fsp3) is 0.357. The van der Waals surface area contributed by atoms with Crippen molar-refractivity contribution in [1.82, 2.24) is 4.98 Å². The second-order valence-corrected chi connectivity index (χ2v) is 4.68. The van der Waals surface area contributed by atoms with Crippen molar-refractivity contribution in [2.24, 2.45) is 0 Å². The first kappa shape index (κ1) is 13.3. The van der Waals surface area contributed by atoms with E-state index < -0.39 is 0 Å². The standard InChI is InChI=1S/C14H16N2.S2/c1-9-6-7-11-13(8-9)16-12-5-3-2-4-10(12)14(11)15;1-2/h6-8H,2-5H2,1H3,(H2,15,16);. The van der Waals surface area contributed by atoms with Crippen molar-refractivity contribution in [1.29, 1.82) is 0 Å². The van der Waals surface area contributed by atoms with Gasteiger partial charge in [0.25, 0.3) is 0 Å². The number of pyridine rings is 1. The molecule has 18 heavy (non-hydrogen) atoms. The molecule has 0 fully saturated rings. The summed E-state index contributed by atoms with van der Waals surface area (Å²) >= 11 is 7.33. The zero-order chi connectivity index (χ0) is 13.1. The van der Waals surface area contributed by atoms with Gasteiger partial charge in [-0.05, 0) is 49.8 Å². The Kier molecular flexibility index (Phi) is 4.19. The summed E-state index contributed by atoms with van der Waals surface area (Å²) in [7, 11) is 0. The van der Waals surface area contributed by atoms with Crippen LogP contribution in [-0.4, -0.2) is 4.98 Å². The van der Waals surface area contributed by atoms with Crippen molar-refractivity contribution in [3.8, 4) is 0 Å². The van der Waals surface area contributed by atoms with Crippen molar-refractivity contribution in [2.75, 3.05) is 5.73 Å². The van der Waals surface area contributed by atoms with Gasteiger partial charge >= 0.3 is 0 Å². The lowest BCUT2D eigenvalue weighted by Crippen LogP contribution is -2.09. The van der Waals surface area contributed by atoms with Crippen LogP contribution in [0.3, 0.4) is 0 Å². The SMILES string of the molecule is Cc1ccc2c(N)c3c(nc2c1)CCCC3.S=S. The summed E-state index contributed by atoms with van der Waals surface area (Å²) in [4.78, 5) is 4.76. The molecule has 1 heterocycles. The molecule has 2 N–H and O–H groups in total. The maximum atomic E-state index is 6.25. The molecule has 0 bridgehead atoms. The van der Waals surface area contributed by atoms with E-state index in [0.717, 1.165) is 29.4 Å². The zero-order valence-corrected chi connectivity index (χ0v) is 12.0. The van der Waals surface area contributed by atoms with Gasteiger partial charge in [0.1, 0.15) is 0 Å². The highest BCUT2D eigenvalue weighted by atomic mass is 32.8. The summed E-state index contributed by atoms with van der Waals surface area (Å²) < 4.78 is 0. The third-order valence-corrected chi connectivity index (χ3v) is 3.46. The van der Waals surface area contributed by atoms with Gasteiger partial charge in [-0.3, -0.25) is 4.98 Å². The molecule has 0 atom stereocenters. The molecule has 0 aliphatic heterocycles. The number of rotatable bonds is 0. The Balaban J connectivity index is 0.000000574. The minimum absolute atomic E-state index is 0.958. The largest absolute Gasteiger partial charge is 0.398 e. The maximum Gasteiger partial charge on any atom is 0.0728 e. The van der Waals surface area contributed by atoms with E-state index in [9.17, 15) is 0 Å². The fourth-order valence-corrected chi connectivity index (χ4v) is 2.57. The molecule has 1 aromatic heterocycles. The first-order valence-corrected chi connectivity index (χ1v) is 7.43. The quantitative estimate of drug-likeness (QED) is 0.803. The zero-order valence-electron chi connectivity index (χ0n) is 10.4. The lowest BCUT2D eigenvalue weighted by Gasteiger charge is -2.18. The van der Waals surface area contributed by atoms with Gasteiger partial charge in [0.2, 0.25) is 0 Å². The third kappa shape index (κ3) is 2.35. The van der Waals surface area contributed by atoms with E-state index in [4.69, 9.17) is 10.7 Å². The first-order chi connectivity index (χ1) is 8.75. The summed E-state index contributed by atoms with van der Waals surface area (Å²) in [5.41, 5.74) is 12.0. The average Bonchev–Trinajstić information content (AvgIpc) is 2.41. The van der Waals surface area contributed by atoms with Gasteiger partial charge in [0, 0.05) is 39.1 Å². The van der Waals surface area contributed by atoms with E-state index in [1.807, 2.05) is 0 Å². The molecule has 1 aliphatic carbocycles. The van der Waals surface area contributed by atoms with Gasteiger partial charge in [0.15, 0.2) is 0 Å². The maximum absolute atomic E-state index is 6.25. The van der Waals surface area contributed by atoms with Crippen LogP contribution in [0.15, 0.2) is 18.2 Å². The third-order valence-electron chi connectivity index (χ3n) is 3.46. The van der Waals surface area contributed by atoms with E-state index in [0.29, 0.717) is 0 Å². The molecule has 0 saturated carbocycles. The predicted octanol–water partition coefficient (Wildman–Crippen LogP) is 3.00. The topological polar surface area (TPSA) is 38.9 Å². The smallest absolute Gasteiger partial charge is 0.0728 e. The van der Waals surface area contributed by atoms with Crippen molar-refractivity contribution < 1.29 is 0 Å². The number of anilines is 1. The number of nitrogens with zero attached hydrogens (tertiary/aromatic N) is 1. The van der Waals surface area contributed by atoms with E-state index in [2.05, 4.69) is 47.5 Å². The number of aromatic nitrogens is 1. The minimum Gasteiger partial charge on any atom is -0.398 e. The highest BCUT2D eigenvalue weighted by molar-refractivity contribution is 8.07. The van der Waals surface area contributed by atoms with E-state index >= 15 is 0 Å². The number of nitrogen functional groups attached to an aromatic ring is 1. The molecule has 0 saturated heterocycles. The fourth-order valence-electron chi connectivity index (χ4n) is 2.57. The Hall–Kier alpha value is -1.13. The normalized spacial score (nSPS) is 13.6. The number of nitrogens with two attached hydrogens (primary N) is 1. The number of aryl methyl sites for hydroxylation is 2. The Bertz CT molecular complexity index is 582. The Labute approximate surface area is 117 Å². The van der Waals surface area contributed by atoms with Crippen molar-refractivity contribution >= 4 is 39.0 Å². The predicted molar refractivity (Wildman–Crippen MR) is 82.3 cm³/mol. The highest BCUT2D eigenvalue weighted by Gasteiger charge is 2.15. The van der Waals surface area contributed by atoms with Gasteiger partial charge in [-0.1, -0.05) is 12.1 Å². The van der Waals surface area contributed by atoms with Gasteiger partial charge in [-0.15, -0.1) is 0 Å². The Morgan fingerprint density at radius 1 is 1.17 bits per heavy atom. The molecular weight excluding hydrogens is 260 g/mol. The van der Waals surface area contributed by atoms with Crippen LogP contribution in [0.4, 0.5) is 5.69 Å². The molecule has 0 spiro atoms. The molecule has 1 aromatic carbocycles. The number of hydrogen-bond donors (Lipinski definition) is 1. The lowest BCUT2D eigenvalue weighted by molar-refractivity contribution is 0.673. The molecule has 1 aliphatic rings. The monoisotopic (exact) mass is 276 g/mol. The van der Waals surface area contributed by atoms with E-state index in [1.54, 1.807) is 0 Å². The Morgan fingerprint density at radius 2 is 1.89 bits per heavy atom. The summed E-state index contributed by atoms with van der Waals surface area (Å²) in [5.74, 6) is 0. The summed E-state index contributed by atoms with van der Waals surface area (Å²) in [6.07, 6.45) is 4.68. The molecule has 3 rings (SSSR count). The van der Waals surface area contributed by atoms with Crippen LogP contribution in [0.2, 0.25) is 0 Å². The van der Waals surface area contributed by atoms with E-state index in [1.165, 1.54) is 29.7 Å². The number of hydrogen-bond acceptors (Lipinski definition) is 4. The van der Waals surface area contributed by atoms with Gasteiger partial charge in [-0.2, -0.15) is 0 Å². The van der Waals surface area contributed by atoms with Crippen LogP contribution in [0.1, 0.15) is 29.7 Å². The summed E-state index contributed by atoms with van der Waals surface area (Å²) in [6.45, 7) is 2.09. The van der Waals surface area contributed by atoms with Crippen LogP contribution in [-0.2, 0) is 35.2 Å². The Morgan fingerprint density at radius 3 is 2.67 bits per heavy atom. The number of benzene rings is 1. The van der Waals surface area contributed by atoms with E-state index in [-0.39, 0.29) is 0 Å². The van der Waals surface area contributed by atoms with Crippen LogP contribution in [0.5, 0.6) is 0 Å². The first-order valence-electron chi connectivity index (χ1n) is 6.10. The molecule has 2 nitrogen and oxygen atoms in total. The molecule has 2 aromatic rings. The van der Waals surface area contributed by atoms with Crippen LogP contribution >= 0.6 is 0 Å². The van der Waals surface area contributed by atoms with Crippen molar-refractivity contribution in [2.45, 2.75) is 32.6 Å². The molecule has 0 radical (unpaired) electrons. The molecule has 4 heteroatoms. The second kappa shape index (κ2) is 5.67.